The molecule has 0 aliphatic heterocycles. The van der Waals surface area contributed by atoms with Gasteiger partial charge in [0.2, 0.25) is 0 Å². The summed E-state index contributed by atoms with van der Waals surface area (Å²) in [5.74, 6) is -1.18. The van der Waals surface area contributed by atoms with Crippen LogP contribution in [0.5, 0.6) is 0 Å². The molecule has 3 aromatic rings. The first-order chi connectivity index (χ1) is 14.4. The molecule has 3 rings (SSSR count). The van der Waals surface area contributed by atoms with E-state index < -0.39 is 5.97 Å². The summed E-state index contributed by atoms with van der Waals surface area (Å²) in [4.78, 5) is 23.7. The monoisotopic (exact) mass is 420 g/mol. The van der Waals surface area contributed by atoms with Crippen molar-refractivity contribution in [1.82, 2.24) is 4.57 Å². The van der Waals surface area contributed by atoms with Crippen molar-refractivity contribution in [2.45, 2.75) is 13.0 Å². The quantitative estimate of drug-likeness (QED) is 0.454. The highest BCUT2D eigenvalue weighted by Gasteiger charge is 2.14. The molecule has 0 spiro atoms. The lowest BCUT2D eigenvalue weighted by molar-refractivity contribution is -0.137. The van der Waals surface area contributed by atoms with Crippen LogP contribution in [-0.2, 0) is 11.3 Å². The van der Waals surface area contributed by atoms with Gasteiger partial charge in [-0.25, -0.2) is 0 Å². The zero-order valence-electron chi connectivity index (χ0n) is 16.3. The van der Waals surface area contributed by atoms with Gasteiger partial charge in [-0.3, -0.25) is 9.59 Å². The number of halogens is 1. The first kappa shape index (κ1) is 21.1. The number of carboxylic acids is 1. The van der Waals surface area contributed by atoms with Crippen LogP contribution in [0.4, 0.5) is 5.69 Å². The first-order valence-corrected chi connectivity index (χ1v) is 9.69. The summed E-state index contributed by atoms with van der Waals surface area (Å²) in [6.07, 6.45) is 5.16. The fourth-order valence-electron chi connectivity index (χ4n) is 3.26. The largest absolute Gasteiger partial charge is 0.481 e. The maximum absolute atomic E-state index is 12.6. The fraction of sp³-hybridized carbons (Fsp3) is 0.0833. The van der Waals surface area contributed by atoms with E-state index in [1.54, 1.807) is 42.5 Å². The normalized spacial score (nSPS) is 11.3. The van der Waals surface area contributed by atoms with Gasteiger partial charge in [-0.2, -0.15) is 0 Å². The van der Waals surface area contributed by atoms with Crippen molar-refractivity contribution in [2.75, 3.05) is 5.32 Å². The van der Waals surface area contributed by atoms with E-state index in [0.717, 1.165) is 22.2 Å². The van der Waals surface area contributed by atoms with Crippen LogP contribution in [0.25, 0.3) is 16.5 Å². The minimum atomic E-state index is -0.876. The third-order valence-electron chi connectivity index (χ3n) is 4.64. The molecule has 0 saturated carbocycles. The third kappa shape index (κ3) is 4.53. The van der Waals surface area contributed by atoms with Gasteiger partial charge in [0, 0.05) is 28.8 Å². The lowest BCUT2D eigenvalue weighted by atomic mass is 10.1. The number of rotatable bonds is 8. The Labute approximate surface area is 179 Å². The number of carboxylic acid groups (broad SMARTS) is 1. The Morgan fingerprint density at radius 3 is 2.57 bits per heavy atom. The Hall–Kier alpha value is -3.57. The molecular formula is C24H21ClN2O3. The van der Waals surface area contributed by atoms with Crippen molar-refractivity contribution in [3.05, 3.63) is 96.2 Å². The molecule has 1 amide bonds. The van der Waals surface area contributed by atoms with E-state index in [9.17, 15) is 9.59 Å². The number of carbonyl (C=O) groups is 2. The second kappa shape index (κ2) is 9.29. The number of aromatic nitrogens is 1. The van der Waals surface area contributed by atoms with Gasteiger partial charge in [-0.15, -0.1) is 0 Å². The van der Waals surface area contributed by atoms with Gasteiger partial charge in [-0.1, -0.05) is 55.1 Å². The molecule has 0 saturated heterocycles. The molecule has 5 nitrogen and oxygen atoms in total. The number of aliphatic carboxylic acids is 1. The minimum absolute atomic E-state index is 0.0136. The van der Waals surface area contributed by atoms with Crippen molar-refractivity contribution < 1.29 is 14.7 Å². The molecule has 1 heterocycles. The molecule has 0 aliphatic carbocycles. The summed E-state index contributed by atoms with van der Waals surface area (Å²) >= 11 is 6.11. The van der Waals surface area contributed by atoms with Gasteiger partial charge in [-0.05, 0) is 42.0 Å². The van der Waals surface area contributed by atoms with E-state index in [2.05, 4.69) is 18.5 Å². The number of anilines is 1. The number of nitrogens with one attached hydrogen (secondary N) is 1. The minimum Gasteiger partial charge on any atom is -0.481 e. The van der Waals surface area contributed by atoms with Gasteiger partial charge in [0.25, 0.3) is 5.91 Å². The van der Waals surface area contributed by atoms with Crippen molar-refractivity contribution in [3.8, 4) is 0 Å². The topological polar surface area (TPSA) is 71.3 Å². The molecule has 0 fully saturated rings. The Morgan fingerprint density at radius 2 is 1.90 bits per heavy atom. The lowest BCUT2D eigenvalue weighted by Gasteiger charge is -2.11. The molecule has 152 valence electrons. The number of fused-ring (bicyclic) bond motifs is 1. The molecule has 0 aliphatic rings. The summed E-state index contributed by atoms with van der Waals surface area (Å²) in [6, 6.07) is 14.3. The van der Waals surface area contributed by atoms with Gasteiger partial charge >= 0.3 is 5.97 Å². The smallest absolute Gasteiger partial charge is 0.305 e. The number of benzene rings is 2. The summed E-state index contributed by atoms with van der Waals surface area (Å²) in [5.41, 5.74) is 3.52. The Morgan fingerprint density at radius 1 is 1.13 bits per heavy atom. The Balaban J connectivity index is 2.01. The fourth-order valence-corrected chi connectivity index (χ4v) is 3.49. The predicted octanol–water partition coefficient (Wildman–Crippen LogP) is 5.78. The molecule has 2 N–H and O–H groups in total. The molecule has 1 aromatic heterocycles. The zero-order valence-corrected chi connectivity index (χ0v) is 17.0. The van der Waals surface area contributed by atoms with E-state index >= 15 is 0 Å². The van der Waals surface area contributed by atoms with Gasteiger partial charge < -0.3 is 15.0 Å². The van der Waals surface area contributed by atoms with Crippen LogP contribution in [-0.4, -0.2) is 21.6 Å². The Bertz CT molecular complexity index is 1170. The van der Waals surface area contributed by atoms with Crippen LogP contribution >= 0.6 is 11.6 Å². The standard InChI is InChI=1S/C24H21ClN2O3/c1-3-7-16(4-2)22-15-17-14-18(10-11-21(17)27(22)13-12-23(28)29)26-24(30)19-8-5-6-9-20(19)25/h3-11,14-15H,1-2,12-13H2,(H,26,30)(H,28,29)/b16-7+. The molecule has 30 heavy (non-hydrogen) atoms. The average Bonchev–Trinajstić information content (AvgIpc) is 3.08. The SMILES string of the molecule is C=C/C=C(\C=C)c1cc2cc(NC(=O)c3ccccc3Cl)ccc2n1CCC(=O)O. The summed E-state index contributed by atoms with van der Waals surface area (Å²) in [6.45, 7) is 7.88. The third-order valence-corrected chi connectivity index (χ3v) is 4.97. The number of aryl methyl sites for hydroxylation is 1. The number of hydrogen-bond donors (Lipinski definition) is 2. The highest BCUT2D eigenvalue weighted by Crippen LogP contribution is 2.29. The molecule has 0 unspecified atom stereocenters. The van der Waals surface area contributed by atoms with E-state index in [1.165, 1.54) is 0 Å². The van der Waals surface area contributed by atoms with Crippen LogP contribution in [0.2, 0.25) is 5.02 Å². The highest BCUT2D eigenvalue weighted by atomic mass is 35.5. The van der Waals surface area contributed by atoms with Crippen molar-refractivity contribution in [3.63, 3.8) is 0 Å². The highest BCUT2D eigenvalue weighted by molar-refractivity contribution is 6.34. The van der Waals surface area contributed by atoms with Crippen LogP contribution in [0.1, 0.15) is 22.5 Å². The number of allylic oxidation sites excluding steroid dienone is 4. The zero-order chi connectivity index (χ0) is 21.7. The summed E-state index contributed by atoms with van der Waals surface area (Å²) in [5, 5.41) is 13.2. The van der Waals surface area contributed by atoms with Gasteiger partial charge in [0.1, 0.15) is 0 Å². The number of carbonyl (C=O) groups excluding carboxylic acids is 1. The Kier molecular flexibility index (Phi) is 6.54. The second-order valence-electron chi connectivity index (χ2n) is 6.59. The molecule has 6 heteroatoms. The predicted molar refractivity (Wildman–Crippen MR) is 122 cm³/mol. The summed E-state index contributed by atoms with van der Waals surface area (Å²) < 4.78 is 1.93. The van der Waals surface area contributed by atoms with E-state index in [-0.39, 0.29) is 12.3 Å². The maximum atomic E-state index is 12.6. The molecule has 0 radical (unpaired) electrons. The van der Waals surface area contributed by atoms with Crippen LogP contribution in [0.15, 0.2) is 79.9 Å². The number of hydrogen-bond acceptors (Lipinski definition) is 2. The van der Waals surface area contributed by atoms with Crippen molar-refractivity contribution in [2.24, 2.45) is 0 Å². The van der Waals surface area contributed by atoms with Crippen LogP contribution in [0, 0.1) is 0 Å². The van der Waals surface area contributed by atoms with Crippen LogP contribution in [0.3, 0.4) is 0 Å². The van der Waals surface area contributed by atoms with E-state index in [1.807, 2.05) is 28.8 Å². The first-order valence-electron chi connectivity index (χ1n) is 9.31. The molecule has 0 atom stereocenters. The molecule has 2 aromatic carbocycles. The lowest BCUT2D eigenvalue weighted by Crippen LogP contribution is -2.12. The molecule has 0 bridgehead atoms. The summed E-state index contributed by atoms with van der Waals surface area (Å²) in [7, 11) is 0. The molecular weight excluding hydrogens is 400 g/mol. The van der Waals surface area contributed by atoms with Crippen molar-refractivity contribution >= 4 is 45.6 Å². The van der Waals surface area contributed by atoms with Crippen LogP contribution < -0.4 is 5.32 Å². The van der Waals surface area contributed by atoms with E-state index in [0.29, 0.717) is 22.8 Å². The van der Waals surface area contributed by atoms with Gasteiger partial charge in [0.15, 0.2) is 0 Å². The van der Waals surface area contributed by atoms with E-state index in [4.69, 9.17) is 16.7 Å². The van der Waals surface area contributed by atoms with Gasteiger partial charge in [0.05, 0.1) is 17.0 Å². The van der Waals surface area contributed by atoms with Crippen molar-refractivity contribution in [1.29, 1.82) is 0 Å². The second-order valence-corrected chi connectivity index (χ2v) is 7.00. The number of amides is 1. The number of nitrogens with zero attached hydrogens (tertiary/aromatic N) is 1. The average molecular weight is 421 g/mol. The maximum Gasteiger partial charge on any atom is 0.305 e.